The Kier molecular flexibility index (Phi) is 3.66. The Balaban J connectivity index is 1.53. The van der Waals surface area contributed by atoms with Crippen molar-refractivity contribution in [1.82, 2.24) is 19.9 Å². The standard InChI is InChI=1S/C17H14N4O3/c1-11-6-16(21-17(20-11)13-8-18-4-5-19-13)22-9-12-2-3-14-15(7-12)24-10-23-14/h2-8H,9-10H2,1H3. The van der Waals surface area contributed by atoms with E-state index in [0.29, 0.717) is 24.0 Å². The van der Waals surface area contributed by atoms with Gasteiger partial charge >= 0.3 is 0 Å². The Morgan fingerprint density at radius 1 is 1.08 bits per heavy atom. The molecule has 0 saturated heterocycles. The van der Waals surface area contributed by atoms with Gasteiger partial charge in [-0.3, -0.25) is 4.98 Å². The van der Waals surface area contributed by atoms with Crippen LogP contribution < -0.4 is 14.2 Å². The highest BCUT2D eigenvalue weighted by molar-refractivity contribution is 5.48. The minimum Gasteiger partial charge on any atom is -0.473 e. The molecule has 2 aromatic heterocycles. The second-order valence-electron chi connectivity index (χ2n) is 5.24. The molecule has 0 atom stereocenters. The molecule has 0 N–H and O–H groups in total. The van der Waals surface area contributed by atoms with E-state index in [1.165, 1.54) is 0 Å². The fourth-order valence-electron chi connectivity index (χ4n) is 2.33. The van der Waals surface area contributed by atoms with Gasteiger partial charge in [-0.2, -0.15) is 4.98 Å². The van der Waals surface area contributed by atoms with Gasteiger partial charge in [-0.25, -0.2) is 9.97 Å². The molecule has 0 bridgehead atoms. The molecule has 3 aromatic rings. The van der Waals surface area contributed by atoms with Crippen molar-refractivity contribution in [3.8, 4) is 28.9 Å². The van der Waals surface area contributed by atoms with Gasteiger partial charge in [0, 0.05) is 24.2 Å². The number of nitrogens with zero attached hydrogens (tertiary/aromatic N) is 4. The zero-order chi connectivity index (χ0) is 16.4. The molecule has 0 amide bonds. The lowest BCUT2D eigenvalue weighted by Gasteiger charge is -2.08. The van der Waals surface area contributed by atoms with Crippen LogP contribution in [-0.2, 0) is 6.61 Å². The van der Waals surface area contributed by atoms with Crippen molar-refractivity contribution in [2.24, 2.45) is 0 Å². The number of aromatic nitrogens is 4. The molecule has 4 rings (SSSR count). The van der Waals surface area contributed by atoms with Gasteiger partial charge in [0.05, 0.1) is 6.20 Å². The van der Waals surface area contributed by atoms with E-state index >= 15 is 0 Å². The quantitative estimate of drug-likeness (QED) is 0.730. The van der Waals surface area contributed by atoms with Gasteiger partial charge in [-0.05, 0) is 24.6 Å². The fraction of sp³-hybridized carbons (Fsp3) is 0.176. The third-order valence-corrected chi connectivity index (χ3v) is 3.45. The minimum atomic E-state index is 0.256. The van der Waals surface area contributed by atoms with Gasteiger partial charge in [0.2, 0.25) is 12.7 Å². The largest absolute Gasteiger partial charge is 0.473 e. The Bertz CT molecular complexity index is 871. The fourth-order valence-corrected chi connectivity index (χ4v) is 2.33. The Hall–Kier alpha value is -3.22. The molecule has 0 aliphatic carbocycles. The number of hydrogen-bond acceptors (Lipinski definition) is 7. The molecule has 0 radical (unpaired) electrons. The lowest BCUT2D eigenvalue weighted by molar-refractivity contribution is 0.174. The number of fused-ring (bicyclic) bond motifs is 1. The van der Waals surface area contributed by atoms with Crippen LogP contribution in [0.5, 0.6) is 17.4 Å². The van der Waals surface area contributed by atoms with Crippen molar-refractivity contribution in [2.75, 3.05) is 6.79 Å². The third-order valence-electron chi connectivity index (χ3n) is 3.45. The van der Waals surface area contributed by atoms with Crippen LogP contribution in [0.25, 0.3) is 11.5 Å². The smallest absolute Gasteiger partial charge is 0.231 e. The number of rotatable bonds is 4. The molecular weight excluding hydrogens is 308 g/mol. The van der Waals surface area contributed by atoms with Crippen LogP contribution in [0.3, 0.4) is 0 Å². The summed E-state index contributed by atoms with van der Waals surface area (Å²) < 4.78 is 16.5. The summed E-state index contributed by atoms with van der Waals surface area (Å²) in [4.78, 5) is 17.0. The predicted molar refractivity (Wildman–Crippen MR) is 84.7 cm³/mol. The van der Waals surface area contributed by atoms with E-state index in [9.17, 15) is 0 Å². The minimum absolute atomic E-state index is 0.256. The summed E-state index contributed by atoms with van der Waals surface area (Å²) in [7, 11) is 0. The van der Waals surface area contributed by atoms with Crippen molar-refractivity contribution in [1.29, 1.82) is 0 Å². The summed E-state index contributed by atoms with van der Waals surface area (Å²) in [5.74, 6) is 2.46. The van der Waals surface area contributed by atoms with Gasteiger partial charge < -0.3 is 14.2 Å². The molecule has 0 spiro atoms. The van der Waals surface area contributed by atoms with Crippen molar-refractivity contribution >= 4 is 0 Å². The average molecular weight is 322 g/mol. The zero-order valence-corrected chi connectivity index (χ0v) is 13.0. The van der Waals surface area contributed by atoms with Gasteiger partial charge in [0.25, 0.3) is 0 Å². The van der Waals surface area contributed by atoms with Crippen LogP contribution in [0.15, 0.2) is 42.9 Å². The molecule has 24 heavy (non-hydrogen) atoms. The normalized spacial score (nSPS) is 12.2. The van der Waals surface area contributed by atoms with Gasteiger partial charge in [-0.1, -0.05) is 6.07 Å². The van der Waals surface area contributed by atoms with Crippen LogP contribution in [-0.4, -0.2) is 26.7 Å². The highest BCUT2D eigenvalue weighted by Crippen LogP contribution is 2.32. The molecule has 120 valence electrons. The van der Waals surface area contributed by atoms with Crippen molar-refractivity contribution in [3.63, 3.8) is 0 Å². The maximum Gasteiger partial charge on any atom is 0.231 e. The van der Waals surface area contributed by atoms with E-state index in [1.807, 2.05) is 25.1 Å². The summed E-state index contributed by atoms with van der Waals surface area (Å²) in [6, 6.07) is 7.50. The molecule has 1 aliphatic rings. The average Bonchev–Trinajstić information content (AvgIpc) is 3.08. The molecule has 0 unspecified atom stereocenters. The van der Waals surface area contributed by atoms with E-state index in [2.05, 4.69) is 19.9 Å². The maximum atomic E-state index is 5.80. The molecule has 1 aliphatic heterocycles. The van der Waals surface area contributed by atoms with Gasteiger partial charge in [-0.15, -0.1) is 0 Å². The highest BCUT2D eigenvalue weighted by Gasteiger charge is 2.14. The molecule has 7 nitrogen and oxygen atoms in total. The summed E-state index contributed by atoms with van der Waals surface area (Å²) in [6.07, 6.45) is 4.83. The highest BCUT2D eigenvalue weighted by atomic mass is 16.7. The van der Waals surface area contributed by atoms with Crippen LogP contribution in [0.2, 0.25) is 0 Å². The van der Waals surface area contributed by atoms with E-state index in [0.717, 1.165) is 22.8 Å². The SMILES string of the molecule is Cc1cc(OCc2ccc3c(c2)OCO3)nc(-c2cnccn2)n1. The second kappa shape index (κ2) is 6.11. The van der Waals surface area contributed by atoms with Crippen molar-refractivity contribution in [2.45, 2.75) is 13.5 Å². The van der Waals surface area contributed by atoms with Crippen LogP contribution >= 0.6 is 0 Å². The first-order valence-corrected chi connectivity index (χ1v) is 7.41. The van der Waals surface area contributed by atoms with Crippen LogP contribution in [0.4, 0.5) is 0 Å². The zero-order valence-electron chi connectivity index (χ0n) is 13.0. The van der Waals surface area contributed by atoms with E-state index in [-0.39, 0.29) is 6.79 Å². The Morgan fingerprint density at radius 2 is 2.00 bits per heavy atom. The molecule has 0 fully saturated rings. The molecule has 3 heterocycles. The van der Waals surface area contributed by atoms with Crippen molar-refractivity contribution < 1.29 is 14.2 Å². The summed E-state index contributed by atoms with van der Waals surface area (Å²) >= 11 is 0. The Labute approximate surface area is 138 Å². The maximum absolute atomic E-state index is 5.80. The van der Waals surface area contributed by atoms with E-state index < -0.39 is 0 Å². The first-order chi connectivity index (χ1) is 11.8. The van der Waals surface area contributed by atoms with E-state index in [1.54, 1.807) is 24.7 Å². The number of hydrogen-bond donors (Lipinski definition) is 0. The third kappa shape index (κ3) is 2.96. The van der Waals surface area contributed by atoms with Crippen LogP contribution in [0.1, 0.15) is 11.3 Å². The summed E-state index contributed by atoms with van der Waals surface area (Å²) in [5.41, 5.74) is 2.37. The predicted octanol–water partition coefficient (Wildman–Crippen LogP) is 2.55. The van der Waals surface area contributed by atoms with E-state index in [4.69, 9.17) is 14.2 Å². The van der Waals surface area contributed by atoms with Gasteiger partial charge in [0.1, 0.15) is 12.3 Å². The first-order valence-electron chi connectivity index (χ1n) is 7.41. The Morgan fingerprint density at radius 3 is 2.88 bits per heavy atom. The summed E-state index contributed by atoms with van der Waals surface area (Å²) in [5, 5.41) is 0. The molecule has 7 heteroatoms. The lowest BCUT2D eigenvalue weighted by Crippen LogP contribution is -2.01. The number of ether oxygens (including phenoxy) is 3. The number of aryl methyl sites for hydroxylation is 1. The van der Waals surface area contributed by atoms with Crippen molar-refractivity contribution in [3.05, 3.63) is 54.1 Å². The lowest BCUT2D eigenvalue weighted by atomic mass is 10.2. The van der Waals surface area contributed by atoms with Crippen LogP contribution in [0, 0.1) is 6.92 Å². The molecular formula is C17H14N4O3. The first kappa shape index (κ1) is 14.4. The van der Waals surface area contributed by atoms with Gasteiger partial charge in [0.15, 0.2) is 17.3 Å². The molecule has 1 aromatic carbocycles. The molecule has 0 saturated carbocycles. The summed E-state index contributed by atoms with van der Waals surface area (Å²) in [6.45, 7) is 2.51. The topological polar surface area (TPSA) is 79.2 Å². The monoisotopic (exact) mass is 322 g/mol. The number of benzene rings is 1. The second-order valence-corrected chi connectivity index (χ2v) is 5.24.